The minimum Gasteiger partial charge on any atom is -0.450 e. The topological polar surface area (TPSA) is 38.3 Å². The summed E-state index contributed by atoms with van der Waals surface area (Å²) in [6, 6.07) is 0. The molecule has 0 unspecified atom stereocenters. The van der Waals surface area contributed by atoms with Crippen molar-refractivity contribution in [2.45, 2.75) is 104 Å². The van der Waals surface area contributed by atoms with Gasteiger partial charge in [0.15, 0.2) is 0 Å². The number of hydrogen-bond donors (Lipinski definition) is 1. The molecule has 3 nitrogen and oxygen atoms in total. The molecular weight excluding hydrogens is 274 g/mol. The number of nitrogens with one attached hydrogen (secondary N) is 1. The van der Waals surface area contributed by atoms with Crippen molar-refractivity contribution in [3.05, 3.63) is 0 Å². The van der Waals surface area contributed by atoms with Crippen LogP contribution < -0.4 is 5.32 Å². The van der Waals surface area contributed by atoms with Crippen molar-refractivity contribution >= 4 is 6.09 Å². The third-order valence-electron chi connectivity index (χ3n) is 4.03. The highest BCUT2D eigenvalue weighted by molar-refractivity contribution is 5.66. The van der Waals surface area contributed by atoms with Crippen LogP contribution in [-0.2, 0) is 4.74 Å². The highest BCUT2D eigenvalue weighted by Gasteiger charge is 2.00. The molecule has 0 heterocycles. The Hall–Kier alpha value is -0.730. The number of unbranched alkanes of at least 4 members (excludes halogenated alkanes) is 12. The molecule has 0 saturated carbocycles. The summed E-state index contributed by atoms with van der Waals surface area (Å²) in [5, 5.41) is 2.84. The molecule has 0 aromatic heterocycles. The van der Waals surface area contributed by atoms with E-state index >= 15 is 0 Å². The summed E-state index contributed by atoms with van der Waals surface area (Å²) in [7, 11) is 0. The summed E-state index contributed by atoms with van der Waals surface area (Å²) in [6.45, 7) is 5.79. The van der Waals surface area contributed by atoms with Gasteiger partial charge >= 0.3 is 6.09 Å². The van der Waals surface area contributed by atoms with E-state index < -0.39 is 0 Å². The highest BCUT2D eigenvalue weighted by atomic mass is 16.5. The molecule has 0 aliphatic heterocycles. The second-order valence-electron chi connectivity index (χ2n) is 6.31. The van der Waals surface area contributed by atoms with Gasteiger partial charge in [0.1, 0.15) is 0 Å². The molecule has 0 radical (unpaired) electrons. The Labute approximate surface area is 138 Å². The van der Waals surface area contributed by atoms with E-state index in [1.54, 1.807) is 0 Å². The van der Waals surface area contributed by atoms with Crippen LogP contribution in [0.1, 0.15) is 104 Å². The van der Waals surface area contributed by atoms with Crippen molar-refractivity contribution in [2.75, 3.05) is 13.2 Å². The number of carbonyl (C=O) groups is 1. The van der Waals surface area contributed by atoms with Gasteiger partial charge in [-0.2, -0.15) is 0 Å². The number of ether oxygens (including phenoxy) is 1. The Bertz CT molecular complexity index is 231. The lowest BCUT2D eigenvalue weighted by atomic mass is 10.1. The molecule has 0 aromatic carbocycles. The molecule has 0 bridgehead atoms. The Morgan fingerprint density at radius 3 is 1.68 bits per heavy atom. The molecule has 22 heavy (non-hydrogen) atoms. The first-order valence-corrected chi connectivity index (χ1v) is 9.71. The smallest absolute Gasteiger partial charge is 0.407 e. The summed E-state index contributed by atoms with van der Waals surface area (Å²) in [6.07, 6.45) is 17.4. The van der Waals surface area contributed by atoms with E-state index in [-0.39, 0.29) is 6.09 Å². The predicted octanol–water partition coefficient (Wildman–Crippen LogP) is 6.21. The number of amides is 1. The zero-order valence-electron chi connectivity index (χ0n) is 15.1. The van der Waals surface area contributed by atoms with Gasteiger partial charge in [0.25, 0.3) is 0 Å². The fourth-order valence-corrected chi connectivity index (χ4v) is 2.55. The van der Waals surface area contributed by atoms with Crippen molar-refractivity contribution in [1.29, 1.82) is 0 Å². The molecule has 0 aromatic rings. The predicted molar refractivity (Wildman–Crippen MR) is 95.3 cm³/mol. The standard InChI is InChI=1S/C19H39NO2/c1-3-5-7-9-11-12-14-16-18-22-19(21)20-17-15-13-10-8-6-4-2/h3-18H2,1-2H3,(H,20,21). The molecule has 0 spiro atoms. The first kappa shape index (κ1) is 21.3. The number of carbonyl (C=O) groups excluding carboxylic acids is 1. The molecule has 0 rings (SSSR count). The number of alkyl carbamates (subject to hydrolysis) is 1. The van der Waals surface area contributed by atoms with Crippen molar-refractivity contribution in [2.24, 2.45) is 0 Å². The van der Waals surface area contributed by atoms with Gasteiger partial charge in [0, 0.05) is 6.54 Å². The van der Waals surface area contributed by atoms with Crippen molar-refractivity contribution in [1.82, 2.24) is 5.32 Å². The first-order valence-electron chi connectivity index (χ1n) is 9.71. The molecule has 3 heteroatoms. The Morgan fingerprint density at radius 2 is 1.14 bits per heavy atom. The molecule has 1 amide bonds. The molecule has 1 N–H and O–H groups in total. The summed E-state index contributed by atoms with van der Waals surface area (Å²) in [5.74, 6) is 0. The summed E-state index contributed by atoms with van der Waals surface area (Å²) >= 11 is 0. The quantitative estimate of drug-likeness (QED) is 0.344. The van der Waals surface area contributed by atoms with E-state index in [1.165, 1.54) is 77.0 Å². The fourth-order valence-electron chi connectivity index (χ4n) is 2.55. The maximum Gasteiger partial charge on any atom is 0.407 e. The molecule has 0 aliphatic rings. The molecule has 132 valence electrons. The zero-order chi connectivity index (χ0) is 16.3. The molecule has 0 fully saturated rings. The maximum atomic E-state index is 11.5. The van der Waals surface area contributed by atoms with Crippen molar-refractivity contribution < 1.29 is 9.53 Å². The van der Waals surface area contributed by atoms with Crippen LogP contribution in [0.2, 0.25) is 0 Å². The summed E-state index contributed by atoms with van der Waals surface area (Å²) in [4.78, 5) is 11.5. The Balaban J connectivity index is 3.13. The minimum absolute atomic E-state index is 0.239. The number of rotatable bonds is 16. The van der Waals surface area contributed by atoms with Gasteiger partial charge in [-0.25, -0.2) is 4.79 Å². The third-order valence-corrected chi connectivity index (χ3v) is 4.03. The van der Waals surface area contributed by atoms with Gasteiger partial charge in [-0.15, -0.1) is 0 Å². The molecule has 0 saturated heterocycles. The van der Waals surface area contributed by atoms with E-state index in [0.717, 1.165) is 19.4 Å². The van der Waals surface area contributed by atoms with Crippen LogP contribution in [0.15, 0.2) is 0 Å². The van der Waals surface area contributed by atoms with E-state index in [1.807, 2.05) is 0 Å². The lowest BCUT2D eigenvalue weighted by molar-refractivity contribution is 0.143. The average molecular weight is 314 g/mol. The van der Waals surface area contributed by atoms with Crippen molar-refractivity contribution in [3.8, 4) is 0 Å². The van der Waals surface area contributed by atoms with Crippen LogP contribution in [-0.4, -0.2) is 19.2 Å². The lowest BCUT2D eigenvalue weighted by Crippen LogP contribution is -2.25. The van der Waals surface area contributed by atoms with Gasteiger partial charge < -0.3 is 10.1 Å². The zero-order valence-corrected chi connectivity index (χ0v) is 15.1. The molecule has 0 atom stereocenters. The number of hydrogen-bond acceptors (Lipinski definition) is 2. The summed E-state index contributed by atoms with van der Waals surface area (Å²) in [5.41, 5.74) is 0. The monoisotopic (exact) mass is 313 g/mol. The van der Waals surface area contributed by atoms with Gasteiger partial charge in [-0.05, 0) is 12.8 Å². The van der Waals surface area contributed by atoms with Crippen LogP contribution in [0.4, 0.5) is 4.79 Å². The Kier molecular flexibility index (Phi) is 17.7. The first-order chi connectivity index (χ1) is 10.8. The normalized spacial score (nSPS) is 10.6. The van der Waals surface area contributed by atoms with Crippen LogP contribution in [0.5, 0.6) is 0 Å². The van der Waals surface area contributed by atoms with Gasteiger partial charge in [0.05, 0.1) is 6.61 Å². The van der Waals surface area contributed by atoms with Gasteiger partial charge in [-0.1, -0.05) is 90.9 Å². The summed E-state index contributed by atoms with van der Waals surface area (Å²) < 4.78 is 5.18. The Morgan fingerprint density at radius 1 is 0.682 bits per heavy atom. The lowest BCUT2D eigenvalue weighted by Gasteiger charge is -2.07. The maximum absolute atomic E-state index is 11.5. The highest BCUT2D eigenvalue weighted by Crippen LogP contribution is 2.08. The van der Waals surface area contributed by atoms with Crippen LogP contribution in [0.25, 0.3) is 0 Å². The minimum atomic E-state index is -0.239. The van der Waals surface area contributed by atoms with Crippen molar-refractivity contribution in [3.63, 3.8) is 0 Å². The van der Waals surface area contributed by atoms with E-state index in [9.17, 15) is 4.79 Å². The van der Waals surface area contributed by atoms with Crippen LogP contribution in [0.3, 0.4) is 0 Å². The third kappa shape index (κ3) is 17.3. The second-order valence-corrected chi connectivity index (χ2v) is 6.31. The van der Waals surface area contributed by atoms with Crippen LogP contribution >= 0.6 is 0 Å². The second kappa shape index (κ2) is 18.3. The molecule has 0 aliphatic carbocycles. The van der Waals surface area contributed by atoms with Gasteiger partial charge in [-0.3, -0.25) is 0 Å². The largest absolute Gasteiger partial charge is 0.450 e. The van der Waals surface area contributed by atoms with E-state index in [2.05, 4.69) is 19.2 Å². The van der Waals surface area contributed by atoms with E-state index in [0.29, 0.717) is 6.61 Å². The van der Waals surface area contributed by atoms with Gasteiger partial charge in [0.2, 0.25) is 0 Å². The molecular formula is C19H39NO2. The SMILES string of the molecule is CCCCCCCCCCOC(=O)NCCCCCCCC. The van der Waals surface area contributed by atoms with E-state index in [4.69, 9.17) is 4.74 Å². The fraction of sp³-hybridized carbons (Fsp3) is 0.947. The average Bonchev–Trinajstić information content (AvgIpc) is 2.52. The van der Waals surface area contributed by atoms with Crippen LogP contribution in [0, 0.1) is 0 Å².